The first-order chi connectivity index (χ1) is 12.7. The van der Waals surface area contributed by atoms with Crippen LogP contribution in [-0.4, -0.2) is 27.4 Å². The molecule has 0 aromatic heterocycles. The second-order valence-electron chi connectivity index (χ2n) is 6.87. The van der Waals surface area contributed by atoms with Crippen LogP contribution < -0.4 is 16.4 Å². The molecule has 0 radical (unpaired) electrons. The Balaban J connectivity index is 2.31. The number of benzene rings is 1. The van der Waals surface area contributed by atoms with E-state index in [9.17, 15) is 20.2 Å². The molecule has 0 bridgehead atoms. The van der Waals surface area contributed by atoms with E-state index >= 15 is 0 Å². The zero-order chi connectivity index (χ0) is 19.9. The monoisotopic (exact) mass is 375 g/mol. The number of hydrogen-bond acceptors (Lipinski definition) is 9. The van der Waals surface area contributed by atoms with E-state index in [4.69, 9.17) is 11.5 Å². The molecule has 0 saturated heterocycles. The summed E-state index contributed by atoms with van der Waals surface area (Å²) in [6.07, 6.45) is 3.95. The van der Waals surface area contributed by atoms with Crippen molar-refractivity contribution in [2.24, 2.45) is 21.5 Å². The number of nitrogens with zero attached hydrogens (tertiary/aromatic N) is 5. The van der Waals surface area contributed by atoms with Crippen LogP contribution in [0.25, 0.3) is 0 Å². The van der Waals surface area contributed by atoms with Crippen LogP contribution in [0.3, 0.4) is 0 Å². The number of anilines is 1. The van der Waals surface area contributed by atoms with Crippen LogP contribution in [0.15, 0.2) is 16.1 Å². The number of aryl methyl sites for hydroxylation is 1. The maximum atomic E-state index is 11.9. The van der Waals surface area contributed by atoms with Crippen molar-refractivity contribution < 1.29 is 9.85 Å². The Hall–Kier alpha value is -3.24. The SMILES string of the molecule is Cc1cc([N+](=O)[O-])c(C)c([N+](=O)[O-])c1N1C(N)=NC(N)=NC12CCCCC2. The molecule has 1 saturated carbocycles. The Morgan fingerprint density at radius 2 is 1.74 bits per heavy atom. The second-order valence-corrected chi connectivity index (χ2v) is 6.87. The van der Waals surface area contributed by atoms with E-state index in [1.807, 2.05) is 0 Å². The highest BCUT2D eigenvalue weighted by molar-refractivity contribution is 6.07. The summed E-state index contributed by atoms with van der Waals surface area (Å²) >= 11 is 0. The summed E-state index contributed by atoms with van der Waals surface area (Å²) in [4.78, 5) is 32.0. The van der Waals surface area contributed by atoms with E-state index in [2.05, 4.69) is 9.98 Å². The van der Waals surface area contributed by atoms with E-state index in [1.54, 1.807) is 11.8 Å². The van der Waals surface area contributed by atoms with Gasteiger partial charge >= 0.3 is 5.69 Å². The van der Waals surface area contributed by atoms with Crippen molar-refractivity contribution in [2.75, 3.05) is 4.90 Å². The molecular weight excluding hydrogens is 354 g/mol. The molecule has 0 amide bonds. The third-order valence-corrected chi connectivity index (χ3v) is 5.14. The summed E-state index contributed by atoms with van der Waals surface area (Å²) in [6, 6.07) is 1.32. The van der Waals surface area contributed by atoms with Crippen molar-refractivity contribution in [2.45, 2.75) is 51.6 Å². The Labute approximate surface area is 155 Å². The van der Waals surface area contributed by atoms with Gasteiger partial charge in [0.1, 0.15) is 16.9 Å². The van der Waals surface area contributed by atoms with E-state index in [1.165, 1.54) is 13.0 Å². The average Bonchev–Trinajstić information content (AvgIpc) is 2.56. The highest BCUT2D eigenvalue weighted by Gasteiger charge is 2.46. The number of nitro benzene ring substituents is 2. The fraction of sp³-hybridized carbons (Fsp3) is 0.500. The molecule has 11 nitrogen and oxygen atoms in total. The lowest BCUT2D eigenvalue weighted by atomic mass is 9.86. The van der Waals surface area contributed by atoms with Crippen LogP contribution in [0.5, 0.6) is 0 Å². The smallest absolute Gasteiger partial charge is 0.303 e. The fourth-order valence-corrected chi connectivity index (χ4v) is 4.01. The molecule has 0 atom stereocenters. The molecule has 1 fully saturated rings. The Bertz CT molecular complexity index is 887. The zero-order valence-corrected chi connectivity index (χ0v) is 15.1. The number of nitro groups is 2. The van der Waals surface area contributed by atoms with Crippen LogP contribution in [0.1, 0.15) is 43.2 Å². The van der Waals surface area contributed by atoms with Gasteiger partial charge in [-0.15, -0.1) is 0 Å². The molecule has 1 spiro atoms. The van der Waals surface area contributed by atoms with Gasteiger partial charge in [0.2, 0.25) is 11.9 Å². The zero-order valence-electron chi connectivity index (χ0n) is 15.1. The minimum absolute atomic E-state index is 0.00357. The van der Waals surface area contributed by atoms with Crippen molar-refractivity contribution >= 4 is 29.0 Å². The minimum atomic E-state index is -0.869. The summed E-state index contributed by atoms with van der Waals surface area (Å²) in [7, 11) is 0. The first-order valence-electron chi connectivity index (χ1n) is 8.60. The molecule has 11 heteroatoms. The molecule has 1 heterocycles. The maximum Gasteiger partial charge on any atom is 0.303 e. The molecular formula is C16H21N7O4. The molecule has 4 N–H and O–H groups in total. The predicted molar refractivity (Wildman–Crippen MR) is 101 cm³/mol. The van der Waals surface area contributed by atoms with E-state index in [0.29, 0.717) is 18.4 Å². The third kappa shape index (κ3) is 2.94. The van der Waals surface area contributed by atoms with E-state index in [0.717, 1.165) is 19.3 Å². The van der Waals surface area contributed by atoms with E-state index < -0.39 is 15.5 Å². The average molecular weight is 375 g/mol. The standard InChI is InChI=1S/C16H21N7O4/c1-9-8-11(22(24)25)10(2)13(23(26)27)12(9)21-15(18)19-14(17)20-16(21)6-4-3-5-7-16/h8H,3-7H2,1-2H3,(H4,17,18,19,20). The molecule has 3 rings (SSSR count). The molecule has 1 aromatic rings. The number of aliphatic imine (C=N–C) groups is 2. The van der Waals surface area contributed by atoms with Gasteiger partial charge in [-0.1, -0.05) is 6.42 Å². The lowest BCUT2D eigenvalue weighted by molar-refractivity contribution is -0.394. The molecule has 1 aliphatic heterocycles. The van der Waals surface area contributed by atoms with Gasteiger partial charge in [-0.25, -0.2) is 4.99 Å². The van der Waals surface area contributed by atoms with Crippen LogP contribution in [0.2, 0.25) is 0 Å². The number of guanidine groups is 2. The molecule has 1 aromatic carbocycles. The van der Waals surface area contributed by atoms with Crippen molar-refractivity contribution in [1.29, 1.82) is 0 Å². The Kier molecular flexibility index (Phi) is 4.46. The lowest BCUT2D eigenvalue weighted by Crippen LogP contribution is -2.58. The minimum Gasteiger partial charge on any atom is -0.369 e. The highest BCUT2D eigenvalue weighted by Crippen LogP contribution is 2.46. The molecule has 27 heavy (non-hydrogen) atoms. The highest BCUT2D eigenvalue weighted by atomic mass is 16.6. The predicted octanol–water partition coefficient (Wildman–Crippen LogP) is 2.23. The first kappa shape index (κ1) is 18.5. The fourth-order valence-electron chi connectivity index (χ4n) is 4.01. The summed E-state index contributed by atoms with van der Waals surface area (Å²) in [6.45, 7) is 2.95. The third-order valence-electron chi connectivity index (χ3n) is 5.14. The van der Waals surface area contributed by atoms with Gasteiger partial charge < -0.3 is 11.5 Å². The quantitative estimate of drug-likeness (QED) is 0.603. The van der Waals surface area contributed by atoms with Crippen molar-refractivity contribution in [1.82, 2.24) is 0 Å². The Morgan fingerprint density at radius 3 is 2.30 bits per heavy atom. The number of nitrogens with two attached hydrogens (primary N) is 2. The van der Waals surface area contributed by atoms with Gasteiger partial charge in [0.15, 0.2) is 0 Å². The first-order valence-corrected chi connectivity index (χ1v) is 8.60. The number of rotatable bonds is 3. The summed E-state index contributed by atoms with van der Waals surface area (Å²) in [5, 5.41) is 23.2. The molecule has 144 valence electrons. The molecule has 1 aliphatic carbocycles. The van der Waals surface area contributed by atoms with E-state index in [-0.39, 0.29) is 34.5 Å². The second kappa shape index (κ2) is 6.49. The molecule has 0 unspecified atom stereocenters. The van der Waals surface area contributed by atoms with Crippen molar-refractivity contribution in [3.63, 3.8) is 0 Å². The topological polar surface area (TPSA) is 166 Å². The van der Waals surface area contributed by atoms with Crippen molar-refractivity contribution in [3.8, 4) is 0 Å². The van der Waals surface area contributed by atoms with Crippen LogP contribution in [0, 0.1) is 34.1 Å². The van der Waals surface area contributed by atoms with Gasteiger partial charge in [-0.3, -0.25) is 25.1 Å². The summed E-state index contributed by atoms with van der Waals surface area (Å²) in [5.41, 5.74) is 11.0. The Morgan fingerprint density at radius 1 is 1.11 bits per heavy atom. The van der Waals surface area contributed by atoms with Gasteiger partial charge in [-0.05, 0) is 45.1 Å². The van der Waals surface area contributed by atoms with Gasteiger partial charge in [0.05, 0.1) is 9.85 Å². The van der Waals surface area contributed by atoms with Crippen LogP contribution in [0.4, 0.5) is 17.1 Å². The molecule has 2 aliphatic rings. The van der Waals surface area contributed by atoms with Gasteiger partial charge in [0.25, 0.3) is 5.69 Å². The maximum absolute atomic E-state index is 11.9. The van der Waals surface area contributed by atoms with Crippen molar-refractivity contribution in [3.05, 3.63) is 37.4 Å². The largest absolute Gasteiger partial charge is 0.369 e. The summed E-state index contributed by atoms with van der Waals surface area (Å²) < 4.78 is 0. The lowest BCUT2D eigenvalue weighted by Gasteiger charge is -2.45. The van der Waals surface area contributed by atoms with Crippen LogP contribution in [-0.2, 0) is 0 Å². The number of hydrogen-bond donors (Lipinski definition) is 2. The summed E-state index contributed by atoms with van der Waals surface area (Å²) in [5.74, 6) is 0.0356. The van der Waals surface area contributed by atoms with Crippen LogP contribution >= 0.6 is 0 Å². The van der Waals surface area contributed by atoms with Gasteiger partial charge in [-0.2, -0.15) is 4.99 Å². The normalized spacial score (nSPS) is 18.8. The van der Waals surface area contributed by atoms with Gasteiger partial charge in [0, 0.05) is 6.07 Å².